The molecule has 188 valence electrons. The van der Waals surface area contributed by atoms with Crippen molar-refractivity contribution in [1.82, 2.24) is 0 Å². The average Bonchev–Trinajstić information content (AvgIpc) is 2.89. The fourth-order valence-corrected chi connectivity index (χ4v) is 5.78. The van der Waals surface area contributed by atoms with Gasteiger partial charge in [0, 0.05) is 0 Å². The fourth-order valence-electron chi connectivity index (χ4n) is 5.78. The first-order valence-electron chi connectivity index (χ1n) is 12.7. The summed E-state index contributed by atoms with van der Waals surface area (Å²) in [5.74, 6) is 5.21. The van der Waals surface area contributed by atoms with E-state index in [0.29, 0.717) is 35.5 Å². The van der Waals surface area contributed by atoms with Gasteiger partial charge in [0.25, 0.3) is 0 Å². The zero-order chi connectivity index (χ0) is 25.5. The van der Waals surface area contributed by atoms with Gasteiger partial charge < -0.3 is 14.2 Å². The third-order valence-corrected chi connectivity index (χ3v) is 7.85. The molecule has 5 atom stereocenters. The Morgan fingerprint density at radius 2 is 0.771 bits per heavy atom. The summed E-state index contributed by atoms with van der Waals surface area (Å²) in [6.45, 7) is 11.9. The molecule has 3 aromatic rings. The van der Waals surface area contributed by atoms with Crippen molar-refractivity contribution in [1.29, 1.82) is 0 Å². The largest absolute Gasteiger partial charge is 0.497 e. The van der Waals surface area contributed by atoms with Crippen LogP contribution in [0, 0.1) is 17.8 Å². The van der Waals surface area contributed by atoms with Gasteiger partial charge in [-0.2, -0.15) is 0 Å². The summed E-state index contributed by atoms with van der Waals surface area (Å²) < 4.78 is 16.3. The van der Waals surface area contributed by atoms with E-state index in [1.54, 1.807) is 21.3 Å². The first-order chi connectivity index (χ1) is 16.8. The highest BCUT2D eigenvalue weighted by Gasteiger charge is 2.35. The van der Waals surface area contributed by atoms with E-state index in [4.69, 9.17) is 14.2 Å². The highest BCUT2D eigenvalue weighted by atomic mass is 16.5. The molecule has 0 amide bonds. The summed E-state index contributed by atoms with van der Waals surface area (Å²) >= 11 is 0. The molecule has 0 aliphatic heterocycles. The van der Waals surface area contributed by atoms with Crippen LogP contribution in [0.3, 0.4) is 0 Å². The van der Waals surface area contributed by atoms with Gasteiger partial charge in [-0.25, -0.2) is 0 Å². The monoisotopic (exact) mass is 474 g/mol. The number of hydrogen-bond donors (Lipinski definition) is 0. The van der Waals surface area contributed by atoms with E-state index < -0.39 is 0 Å². The molecule has 3 rings (SSSR count). The van der Waals surface area contributed by atoms with E-state index in [-0.39, 0.29) is 0 Å². The zero-order valence-corrected chi connectivity index (χ0v) is 22.6. The first kappa shape index (κ1) is 26.7. The van der Waals surface area contributed by atoms with Crippen LogP contribution in [0.4, 0.5) is 0 Å². The van der Waals surface area contributed by atoms with Crippen LogP contribution in [0.15, 0.2) is 72.8 Å². The summed E-state index contributed by atoms with van der Waals surface area (Å²) in [5, 5.41) is 0. The molecule has 0 bridgehead atoms. The predicted octanol–water partition coefficient (Wildman–Crippen LogP) is 8.31. The van der Waals surface area contributed by atoms with Crippen LogP contribution in [0.1, 0.15) is 69.1 Å². The van der Waals surface area contributed by atoms with Gasteiger partial charge in [0.2, 0.25) is 0 Å². The van der Waals surface area contributed by atoms with Crippen molar-refractivity contribution in [3.8, 4) is 17.2 Å². The summed E-state index contributed by atoms with van der Waals surface area (Å²) in [7, 11) is 5.16. The lowest BCUT2D eigenvalue weighted by Gasteiger charge is -2.40. The molecule has 3 aromatic carbocycles. The van der Waals surface area contributed by atoms with Gasteiger partial charge in [-0.1, -0.05) is 71.0 Å². The molecule has 0 saturated carbocycles. The average molecular weight is 475 g/mol. The van der Waals surface area contributed by atoms with Crippen molar-refractivity contribution < 1.29 is 14.2 Å². The van der Waals surface area contributed by atoms with Crippen molar-refractivity contribution in [2.24, 2.45) is 17.8 Å². The molecule has 0 spiro atoms. The van der Waals surface area contributed by atoms with E-state index in [9.17, 15) is 0 Å². The third kappa shape index (κ3) is 6.20. The van der Waals surface area contributed by atoms with E-state index in [1.165, 1.54) is 16.7 Å². The molecule has 3 nitrogen and oxygen atoms in total. The van der Waals surface area contributed by atoms with Gasteiger partial charge in [-0.15, -0.1) is 0 Å². The van der Waals surface area contributed by atoms with Crippen molar-refractivity contribution in [3.05, 3.63) is 89.5 Å². The minimum atomic E-state index is 0.368. The van der Waals surface area contributed by atoms with E-state index in [0.717, 1.165) is 17.2 Å². The molecule has 0 radical (unpaired) electrons. The minimum absolute atomic E-state index is 0.368. The lowest BCUT2D eigenvalue weighted by Crippen LogP contribution is -2.28. The topological polar surface area (TPSA) is 27.7 Å². The van der Waals surface area contributed by atoms with Gasteiger partial charge in [-0.3, -0.25) is 0 Å². The fraction of sp³-hybridized carbons (Fsp3) is 0.438. The van der Waals surface area contributed by atoms with Crippen molar-refractivity contribution in [2.45, 2.75) is 52.4 Å². The Labute approximate surface area is 212 Å². The van der Waals surface area contributed by atoms with E-state index >= 15 is 0 Å². The molecule has 35 heavy (non-hydrogen) atoms. The second-order valence-electron chi connectivity index (χ2n) is 10.1. The Kier molecular flexibility index (Phi) is 9.26. The number of hydrogen-bond acceptors (Lipinski definition) is 3. The van der Waals surface area contributed by atoms with Gasteiger partial charge in [0.05, 0.1) is 21.3 Å². The number of benzene rings is 3. The summed E-state index contributed by atoms with van der Waals surface area (Å²) in [4.78, 5) is 0. The lowest BCUT2D eigenvalue weighted by atomic mass is 9.65. The molecule has 0 aliphatic carbocycles. The second kappa shape index (κ2) is 12.2. The Balaban J connectivity index is 2.02. The Bertz CT molecular complexity index is 1020. The van der Waals surface area contributed by atoms with Crippen LogP contribution in [0.2, 0.25) is 0 Å². The lowest BCUT2D eigenvalue weighted by molar-refractivity contribution is 0.242. The first-order valence-corrected chi connectivity index (χ1v) is 12.7. The van der Waals surface area contributed by atoms with E-state index in [2.05, 4.69) is 107 Å². The Hall–Kier alpha value is -2.94. The second-order valence-corrected chi connectivity index (χ2v) is 10.1. The number of methoxy groups -OCH3 is 3. The van der Waals surface area contributed by atoms with Gasteiger partial charge in [0.1, 0.15) is 17.2 Å². The minimum Gasteiger partial charge on any atom is -0.497 e. The SMILES string of the molecule is COc1ccc([C@@H]([C@@H](C)[C@@H](C)c2ccc(OC)cc2)[C@@H](C)[C@@H](c2ccc(OC)cc2)C(C)C)cc1. The van der Waals surface area contributed by atoms with Gasteiger partial charge in [-0.05, 0) is 88.6 Å². The summed E-state index contributed by atoms with van der Waals surface area (Å²) in [6, 6.07) is 25.9. The molecule has 0 unspecified atom stereocenters. The van der Waals surface area contributed by atoms with Gasteiger partial charge in [0.15, 0.2) is 0 Å². The van der Waals surface area contributed by atoms with Gasteiger partial charge >= 0.3 is 0 Å². The molecule has 0 aromatic heterocycles. The Morgan fingerprint density at radius 1 is 0.429 bits per heavy atom. The van der Waals surface area contributed by atoms with Crippen LogP contribution in [-0.4, -0.2) is 21.3 Å². The Morgan fingerprint density at radius 3 is 1.11 bits per heavy atom. The standard InChI is InChI=1S/C32H42O3/c1-21(2)31(26-11-17-29(34-7)18-12-26)24(5)32(27-13-19-30(35-8)20-14-27)23(4)22(3)25-9-15-28(33-6)16-10-25/h9-24,31-32H,1-8H3/t22-,23+,24+,31+,32+/m1/s1. The third-order valence-electron chi connectivity index (χ3n) is 7.85. The molecule has 3 heteroatoms. The highest BCUT2D eigenvalue weighted by molar-refractivity contribution is 5.35. The highest BCUT2D eigenvalue weighted by Crippen LogP contribution is 2.47. The number of ether oxygens (including phenoxy) is 3. The summed E-state index contributed by atoms with van der Waals surface area (Å²) in [5.41, 5.74) is 4.08. The van der Waals surface area contributed by atoms with E-state index in [1.807, 2.05) is 0 Å². The molecule has 0 N–H and O–H groups in total. The number of rotatable bonds is 11. The molecule has 0 heterocycles. The maximum absolute atomic E-state index is 5.46. The maximum atomic E-state index is 5.46. The molecule has 0 saturated heterocycles. The van der Waals surface area contributed by atoms with Crippen molar-refractivity contribution in [2.75, 3.05) is 21.3 Å². The summed E-state index contributed by atoms with van der Waals surface area (Å²) in [6.07, 6.45) is 0. The molecule has 0 fully saturated rings. The van der Waals surface area contributed by atoms with Crippen LogP contribution in [0.25, 0.3) is 0 Å². The molecule has 0 aliphatic rings. The normalized spacial score (nSPS) is 15.7. The van der Waals surface area contributed by atoms with Crippen LogP contribution < -0.4 is 14.2 Å². The van der Waals surface area contributed by atoms with Crippen LogP contribution >= 0.6 is 0 Å². The quantitative estimate of drug-likeness (QED) is 0.280. The maximum Gasteiger partial charge on any atom is 0.118 e. The predicted molar refractivity (Wildman–Crippen MR) is 146 cm³/mol. The smallest absolute Gasteiger partial charge is 0.118 e. The van der Waals surface area contributed by atoms with Crippen molar-refractivity contribution >= 4 is 0 Å². The van der Waals surface area contributed by atoms with Crippen LogP contribution in [-0.2, 0) is 0 Å². The molecular weight excluding hydrogens is 432 g/mol. The van der Waals surface area contributed by atoms with Crippen LogP contribution in [0.5, 0.6) is 17.2 Å². The molecular formula is C32H42O3. The van der Waals surface area contributed by atoms with Crippen molar-refractivity contribution in [3.63, 3.8) is 0 Å². The zero-order valence-electron chi connectivity index (χ0n) is 22.6.